The van der Waals surface area contributed by atoms with E-state index in [0.717, 1.165) is 23.4 Å². The first-order chi connectivity index (χ1) is 8.10. The third-order valence-corrected chi connectivity index (χ3v) is 3.45. The summed E-state index contributed by atoms with van der Waals surface area (Å²) < 4.78 is 0. The molecule has 0 saturated carbocycles. The summed E-state index contributed by atoms with van der Waals surface area (Å²) in [6, 6.07) is 7.65. The second-order valence-electron chi connectivity index (χ2n) is 4.30. The normalized spacial score (nSPS) is 10.6. The molecular weight excluding hydrogens is 234 g/mol. The van der Waals surface area contributed by atoms with E-state index >= 15 is 0 Å². The molecule has 0 aromatic heterocycles. The van der Waals surface area contributed by atoms with Gasteiger partial charge in [-0.2, -0.15) is 0 Å². The maximum Gasteiger partial charge on any atom is 0.225 e. The molecule has 2 nitrogen and oxygen atoms in total. The van der Waals surface area contributed by atoms with Crippen LogP contribution in [0.1, 0.15) is 32.3 Å². The summed E-state index contributed by atoms with van der Waals surface area (Å²) in [7, 11) is 1.84. The van der Waals surface area contributed by atoms with Crippen molar-refractivity contribution in [1.29, 1.82) is 0 Å². The lowest BCUT2D eigenvalue weighted by atomic mass is 10.0. The standard InChI is InChI=1S/C14H20ClNO/c1-4-11(5-2)14(17)16(3)10-12-8-6-7-9-13(12)15/h6-9,11H,4-5,10H2,1-3H3. The largest absolute Gasteiger partial charge is 0.341 e. The number of nitrogens with zero attached hydrogens (tertiary/aromatic N) is 1. The fourth-order valence-corrected chi connectivity index (χ4v) is 2.11. The van der Waals surface area contributed by atoms with Gasteiger partial charge in [0, 0.05) is 24.5 Å². The van der Waals surface area contributed by atoms with E-state index in [-0.39, 0.29) is 11.8 Å². The molecule has 0 heterocycles. The first-order valence-electron chi connectivity index (χ1n) is 6.08. The maximum absolute atomic E-state index is 12.1. The van der Waals surface area contributed by atoms with Gasteiger partial charge in [-0.25, -0.2) is 0 Å². The molecule has 1 amide bonds. The van der Waals surface area contributed by atoms with Crippen molar-refractivity contribution in [3.05, 3.63) is 34.9 Å². The third kappa shape index (κ3) is 3.74. The molecule has 1 rings (SSSR count). The maximum atomic E-state index is 12.1. The van der Waals surface area contributed by atoms with Gasteiger partial charge in [0.05, 0.1) is 0 Å². The summed E-state index contributed by atoms with van der Waals surface area (Å²) in [5.74, 6) is 0.331. The average molecular weight is 254 g/mol. The Morgan fingerprint density at radius 2 is 1.88 bits per heavy atom. The number of hydrogen-bond acceptors (Lipinski definition) is 1. The Hall–Kier alpha value is -1.02. The Labute approximate surface area is 109 Å². The summed E-state index contributed by atoms with van der Waals surface area (Å²) in [4.78, 5) is 13.9. The van der Waals surface area contributed by atoms with E-state index in [2.05, 4.69) is 13.8 Å². The number of carbonyl (C=O) groups excluding carboxylic acids is 1. The van der Waals surface area contributed by atoms with Crippen LogP contribution in [0.4, 0.5) is 0 Å². The van der Waals surface area contributed by atoms with Crippen molar-refractivity contribution in [2.45, 2.75) is 33.2 Å². The van der Waals surface area contributed by atoms with Gasteiger partial charge in [-0.15, -0.1) is 0 Å². The molecule has 0 saturated heterocycles. The van der Waals surface area contributed by atoms with E-state index in [9.17, 15) is 4.79 Å². The zero-order valence-corrected chi connectivity index (χ0v) is 11.5. The monoisotopic (exact) mass is 253 g/mol. The molecule has 0 bridgehead atoms. The predicted molar refractivity (Wildman–Crippen MR) is 72.0 cm³/mol. The molecule has 0 N–H and O–H groups in total. The van der Waals surface area contributed by atoms with Crippen LogP contribution in [0.25, 0.3) is 0 Å². The number of hydrogen-bond donors (Lipinski definition) is 0. The van der Waals surface area contributed by atoms with Gasteiger partial charge in [-0.3, -0.25) is 4.79 Å². The second kappa shape index (κ2) is 6.65. The fraction of sp³-hybridized carbons (Fsp3) is 0.500. The van der Waals surface area contributed by atoms with Crippen molar-refractivity contribution in [1.82, 2.24) is 4.90 Å². The molecule has 0 aliphatic rings. The minimum atomic E-state index is 0.127. The highest BCUT2D eigenvalue weighted by atomic mass is 35.5. The summed E-state index contributed by atoms with van der Waals surface area (Å²) in [6.45, 7) is 4.68. The van der Waals surface area contributed by atoms with Crippen molar-refractivity contribution >= 4 is 17.5 Å². The molecular formula is C14H20ClNO. The highest BCUT2D eigenvalue weighted by molar-refractivity contribution is 6.31. The Balaban J connectivity index is 2.69. The van der Waals surface area contributed by atoms with Crippen LogP contribution in [0, 0.1) is 5.92 Å². The number of benzene rings is 1. The van der Waals surface area contributed by atoms with Crippen LogP contribution in [0.2, 0.25) is 5.02 Å². The molecule has 1 aromatic rings. The Kier molecular flexibility index (Phi) is 5.49. The zero-order chi connectivity index (χ0) is 12.8. The lowest BCUT2D eigenvalue weighted by Gasteiger charge is -2.22. The first kappa shape index (κ1) is 14.0. The average Bonchev–Trinajstić information content (AvgIpc) is 2.33. The van der Waals surface area contributed by atoms with Crippen molar-refractivity contribution in [2.24, 2.45) is 5.92 Å². The molecule has 0 fully saturated rings. The Bertz CT molecular complexity index is 374. The SMILES string of the molecule is CCC(CC)C(=O)N(C)Cc1ccccc1Cl. The van der Waals surface area contributed by atoms with Gasteiger partial charge in [0.25, 0.3) is 0 Å². The predicted octanol–water partition coefficient (Wildman–Crippen LogP) is 3.73. The highest BCUT2D eigenvalue weighted by Gasteiger charge is 2.18. The number of carbonyl (C=O) groups is 1. The summed E-state index contributed by atoms with van der Waals surface area (Å²) in [5.41, 5.74) is 0.996. The van der Waals surface area contributed by atoms with E-state index in [1.807, 2.05) is 31.3 Å². The minimum Gasteiger partial charge on any atom is -0.341 e. The molecule has 1 aromatic carbocycles. The van der Waals surface area contributed by atoms with Gasteiger partial charge < -0.3 is 4.90 Å². The molecule has 0 radical (unpaired) electrons. The fourth-order valence-electron chi connectivity index (χ4n) is 1.91. The van der Waals surface area contributed by atoms with Crippen LogP contribution < -0.4 is 0 Å². The van der Waals surface area contributed by atoms with Crippen LogP contribution in [0.5, 0.6) is 0 Å². The number of amides is 1. The Morgan fingerprint density at radius 3 is 2.41 bits per heavy atom. The van der Waals surface area contributed by atoms with Crippen LogP contribution in [-0.4, -0.2) is 17.9 Å². The molecule has 0 aliphatic heterocycles. The summed E-state index contributed by atoms with van der Waals surface area (Å²) in [5, 5.41) is 0.719. The van der Waals surface area contributed by atoms with Gasteiger partial charge in [-0.05, 0) is 24.5 Å². The summed E-state index contributed by atoms with van der Waals surface area (Å²) in [6.07, 6.45) is 1.78. The number of halogens is 1. The third-order valence-electron chi connectivity index (χ3n) is 3.08. The van der Waals surface area contributed by atoms with E-state index in [1.54, 1.807) is 4.90 Å². The Morgan fingerprint density at radius 1 is 1.29 bits per heavy atom. The molecule has 0 aliphatic carbocycles. The second-order valence-corrected chi connectivity index (χ2v) is 4.71. The van der Waals surface area contributed by atoms with Crippen molar-refractivity contribution in [3.8, 4) is 0 Å². The van der Waals surface area contributed by atoms with Crippen LogP contribution in [0.3, 0.4) is 0 Å². The zero-order valence-electron chi connectivity index (χ0n) is 10.7. The van der Waals surface area contributed by atoms with Gasteiger partial charge >= 0.3 is 0 Å². The van der Waals surface area contributed by atoms with Gasteiger partial charge in [0.15, 0.2) is 0 Å². The van der Waals surface area contributed by atoms with E-state index in [0.29, 0.717) is 6.54 Å². The molecule has 0 atom stereocenters. The van der Waals surface area contributed by atoms with Crippen molar-refractivity contribution in [3.63, 3.8) is 0 Å². The number of rotatable bonds is 5. The topological polar surface area (TPSA) is 20.3 Å². The lowest BCUT2D eigenvalue weighted by Crippen LogP contribution is -2.32. The molecule has 0 spiro atoms. The van der Waals surface area contributed by atoms with Crippen molar-refractivity contribution < 1.29 is 4.79 Å². The smallest absolute Gasteiger partial charge is 0.225 e. The van der Waals surface area contributed by atoms with Crippen LogP contribution >= 0.6 is 11.6 Å². The van der Waals surface area contributed by atoms with E-state index in [4.69, 9.17) is 11.6 Å². The molecule has 17 heavy (non-hydrogen) atoms. The van der Waals surface area contributed by atoms with E-state index < -0.39 is 0 Å². The first-order valence-corrected chi connectivity index (χ1v) is 6.46. The van der Waals surface area contributed by atoms with Gasteiger partial charge in [0.2, 0.25) is 5.91 Å². The van der Waals surface area contributed by atoms with E-state index in [1.165, 1.54) is 0 Å². The van der Waals surface area contributed by atoms with Gasteiger partial charge in [0.1, 0.15) is 0 Å². The van der Waals surface area contributed by atoms with Crippen molar-refractivity contribution in [2.75, 3.05) is 7.05 Å². The quantitative estimate of drug-likeness (QED) is 0.783. The lowest BCUT2D eigenvalue weighted by molar-refractivity contribution is -0.134. The van der Waals surface area contributed by atoms with Crippen LogP contribution in [-0.2, 0) is 11.3 Å². The molecule has 94 valence electrons. The highest BCUT2D eigenvalue weighted by Crippen LogP contribution is 2.18. The van der Waals surface area contributed by atoms with Gasteiger partial charge in [-0.1, -0.05) is 43.6 Å². The molecule has 3 heteroatoms. The molecule has 0 unspecified atom stereocenters. The minimum absolute atomic E-state index is 0.127. The summed E-state index contributed by atoms with van der Waals surface area (Å²) >= 11 is 6.08. The van der Waals surface area contributed by atoms with Crippen LogP contribution in [0.15, 0.2) is 24.3 Å².